The predicted molar refractivity (Wildman–Crippen MR) is 257 cm³/mol. The molecule has 0 aliphatic heterocycles. The zero-order valence-electron chi connectivity index (χ0n) is 42.0. The van der Waals surface area contributed by atoms with Gasteiger partial charge in [0.25, 0.3) is 10.1 Å². The van der Waals surface area contributed by atoms with Crippen molar-refractivity contribution < 1.29 is 42.6 Å². The summed E-state index contributed by atoms with van der Waals surface area (Å²) in [5.41, 5.74) is 7.86. The summed E-state index contributed by atoms with van der Waals surface area (Å²) in [6, 6.07) is -0.279. The Morgan fingerprint density at radius 2 is 1.15 bits per heavy atom. The van der Waals surface area contributed by atoms with Gasteiger partial charge in [0.1, 0.15) is 6.10 Å². The first-order chi connectivity index (χ1) is 31.0. The minimum Gasteiger partial charge on any atom is -0.461 e. The molecule has 22 atom stereocenters. The second-order valence-corrected chi connectivity index (χ2v) is 27.4. The molecule has 66 heavy (non-hydrogen) atoms. The number of carbonyl (C=O) groups is 2. The Hall–Kier alpha value is -1.31. The molecule has 6 unspecified atom stereocenters. The SMILES string of the molecule is CC(OC(=O)CC[C@H](C)[C@@H]1CCC2[C@H]3[C@H](O)CC4C[C@@H](O)CC[C@@]4(C)[C@@H]3CC[C@]21C)C(N)C[C@H]1CC2C[C@H](O)CC[C@]2(C)[C@H]2CC[C@@]3(C)C(CC[C@@H]3[C@H](C)CCC(=O)NCCS(=O)(=O)O)[C@H]12. The molecule has 1 amide bonds. The standard InChI is InChI=1S/C54H92N2O9S/c1-31(8-14-47(60)56-24-25-66(62,63)64)39-10-12-41-49-34(26-35-28-37(57)16-20-51(35,4)43(49)18-22-53(39,41)6)27-45(55)33(3)65-48(61)15-9-32(2)40-11-13-42-50-44(19-23-54(40,42)7)52(5)21-17-38(58)29-36(52)30-46(50)59/h31-46,49-50,57-59H,8-30,55H2,1-7H3,(H,56,60)(H,62,63,64)/t31-,32+,33?,34-,35?,36?,37-,38+,39-,40+,41?,42?,43+,44-,45?,46-,49+,50-,51+,52-,53-,54+/m1/s1. The molecular formula is C54H92N2O9S. The number of hydrogen-bond acceptors (Lipinski definition) is 9. The number of carbonyl (C=O) groups excluding carboxylic acids is 2. The lowest BCUT2D eigenvalue weighted by Gasteiger charge is -2.63. The Balaban J connectivity index is 0.874. The molecule has 0 radical (unpaired) electrons. The van der Waals surface area contributed by atoms with Crippen LogP contribution in [-0.4, -0.2) is 82.9 Å². The number of fused-ring (bicyclic) bond motifs is 10. The number of rotatable bonds is 15. The average Bonchev–Trinajstić information content (AvgIpc) is 3.79. The van der Waals surface area contributed by atoms with E-state index in [1.807, 2.05) is 6.92 Å². The molecule has 378 valence electrons. The summed E-state index contributed by atoms with van der Waals surface area (Å²) in [6.45, 7) is 16.6. The number of aliphatic hydroxyl groups is 3. The molecule has 0 aromatic heterocycles. The average molecular weight is 945 g/mol. The summed E-state index contributed by atoms with van der Waals surface area (Å²) in [5.74, 6) is 5.17. The molecule has 11 nitrogen and oxygen atoms in total. The molecule has 12 heteroatoms. The van der Waals surface area contributed by atoms with E-state index in [1.165, 1.54) is 25.7 Å². The molecular weight excluding hydrogens is 853 g/mol. The fraction of sp³-hybridized carbons (Fsp3) is 0.963. The largest absolute Gasteiger partial charge is 0.461 e. The van der Waals surface area contributed by atoms with Gasteiger partial charge < -0.3 is 31.1 Å². The number of amides is 1. The van der Waals surface area contributed by atoms with Crippen LogP contribution in [0, 0.1) is 98.6 Å². The van der Waals surface area contributed by atoms with Crippen LogP contribution in [0.2, 0.25) is 0 Å². The van der Waals surface area contributed by atoms with Crippen LogP contribution in [0.25, 0.3) is 0 Å². The van der Waals surface area contributed by atoms with E-state index in [0.717, 1.165) is 96.3 Å². The van der Waals surface area contributed by atoms with Crippen LogP contribution in [0.4, 0.5) is 0 Å². The predicted octanol–water partition coefficient (Wildman–Crippen LogP) is 8.71. The van der Waals surface area contributed by atoms with E-state index in [-0.39, 0.29) is 64.4 Å². The van der Waals surface area contributed by atoms with Gasteiger partial charge in [0.15, 0.2) is 0 Å². The second-order valence-electron chi connectivity index (χ2n) is 25.9. The topological polar surface area (TPSA) is 196 Å². The molecule has 8 fully saturated rings. The number of nitrogens with two attached hydrogens (primary N) is 1. The normalized spacial score (nSPS) is 47.1. The molecule has 0 bridgehead atoms. The van der Waals surface area contributed by atoms with Gasteiger partial charge in [-0.05, 0) is 228 Å². The lowest BCUT2D eigenvalue weighted by molar-refractivity contribution is -0.174. The van der Waals surface area contributed by atoms with Crippen molar-refractivity contribution in [2.24, 2.45) is 104 Å². The van der Waals surface area contributed by atoms with E-state index < -0.39 is 22.0 Å². The third-order valence-electron chi connectivity index (χ3n) is 22.8. The summed E-state index contributed by atoms with van der Waals surface area (Å²) < 4.78 is 37.6. The van der Waals surface area contributed by atoms with Crippen molar-refractivity contribution in [3.05, 3.63) is 0 Å². The fourth-order valence-corrected chi connectivity index (χ4v) is 19.6. The van der Waals surface area contributed by atoms with E-state index in [4.69, 9.17) is 15.0 Å². The van der Waals surface area contributed by atoms with Crippen LogP contribution in [0.15, 0.2) is 0 Å². The van der Waals surface area contributed by atoms with Gasteiger partial charge in [0, 0.05) is 25.4 Å². The minimum atomic E-state index is -4.12. The lowest BCUT2D eigenvalue weighted by Crippen LogP contribution is -2.58. The van der Waals surface area contributed by atoms with Gasteiger partial charge in [0.05, 0.1) is 24.1 Å². The summed E-state index contributed by atoms with van der Waals surface area (Å²) >= 11 is 0. The lowest BCUT2D eigenvalue weighted by atomic mass is 9.41. The molecule has 0 aromatic rings. The first kappa shape index (κ1) is 51.1. The van der Waals surface area contributed by atoms with E-state index in [9.17, 15) is 33.3 Å². The Morgan fingerprint density at radius 3 is 1.71 bits per heavy atom. The van der Waals surface area contributed by atoms with Crippen LogP contribution in [-0.2, 0) is 24.4 Å². The highest BCUT2D eigenvalue weighted by Crippen LogP contribution is 2.71. The van der Waals surface area contributed by atoms with Crippen molar-refractivity contribution in [2.45, 2.75) is 214 Å². The zero-order valence-corrected chi connectivity index (χ0v) is 42.8. The Bertz CT molecular complexity index is 1850. The Morgan fingerprint density at radius 1 is 0.667 bits per heavy atom. The van der Waals surface area contributed by atoms with Crippen molar-refractivity contribution in [2.75, 3.05) is 12.3 Å². The van der Waals surface area contributed by atoms with E-state index in [2.05, 4.69) is 46.9 Å². The first-order valence-corrected chi connectivity index (χ1v) is 28.8. The molecule has 8 aliphatic carbocycles. The molecule has 7 N–H and O–H groups in total. The first-order valence-electron chi connectivity index (χ1n) is 27.2. The van der Waals surface area contributed by atoms with E-state index in [0.29, 0.717) is 89.8 Å². The van der Waals surface area contributed by atoms with Crippen LogP contribution < -0.4 is 11.1 Å². The van der Waals surface area contributed by atoms with Gasteiger partial charge in [0.2, 0.25) is 5.91 Å². The maximum absolute atomic E-state index is 13.7. The quantitative estimate of drug-likeness (QED) is 0.0683. The molecule has 0 saturated heterocycles. The second kappa shape index (κ2) is 19.4. The highest BCUT2D eigenvalue weighted by molar-refractivity contribution is 7.85. The Labute approximate surface area is 398 Å². The summed E-state index contributed by atoms with van der Waals surface area (Å²) in [4.78, 5) is 26.4. The number of ether oxygens (including phenoxy) is 1. The van der Waals surface area contributed by atoms with E-state index >= 15 is 0 Å². The van der Waals surface area contributed by atoms with Gasteiger partial charge in [-0.2, -0.15) is 8.42 Å². The van der Waals surface area contributed by atoms with Crippen molar-refractivity contribution in [1.82, 2.24) is 5.32 Å². The van der Waals surface area contributed by atoms with Gasteiger partial charge >= 0.3 is 5.97 Å². The molecule has 8 rings (SSSR count). The van der Waals surface area contributed by atoms with Gasteiger partial charge in [-0.1, -0.05) is 41.5 Å². The van der Waals surface area contributed by atoms with Gasteiger partial charge in [-0.15, -0.1) is 0 Å². The third-order valence-corrected chi connectivity index (χ3v) is 23.5. The molecule has 0 spiro atoms. The smallest absolute Gasteiger partial charge is 0.306 e. The zero-order chi connectivity index (χ0) is 47.7. The maximum Gasteiger partial charge on any atom is 0.306 e. The van der Waals surface area contributed by atoms with Crippen LogP contribution in [0.1, 0.15) is 183 Å². The van der Waals surface area contributed by atoms with Crippen molar-refractivity contribution in [3.63, 3.8) is 0 Å². The molecule has 0 aromatic carbocycles. The van der Waals surface area contributed by atoms with E-state index in [1.54, 1.807) is 0 Å². The number of hydrogen-bond donors (Lipinski definition) is 6. The summed E-state index contributed by atoms with van der Waals surface area (Å²) in [5, 5.41) is 35.9. The number of nitrogens with one attached hydrogen (secondary N) is 1. The van der Waals surface area contributed by atoms with Crippen molar-refractivity contribution in [3.8, 4) is 0 Å². The monoisotopic (exact) mass is 945 g/mol. The van der Waals surface area contributed by atoms with Crippen LogP contribution in [0.5, 0.6) is 0 Å². The minimum absolute atomic E-state index is 0.0850. The van der Waals surface area contributed by atoms with Crippen molar-refractivity contribution in [1.29, 1.82) is 0 Å². The van der Waals surface area contributed by atoms with Crippen LogP contribution >= 0.6 is 0 Å². The third kappa shape index (κ3) is 9.59. The Kier molecular flexibility index (Phi) is 15.0. The molecule has 8 aliphatic rings. The number of esters is 1. The molecule has 0 heterocycles. The highest BCUT2D eigenvalue weighted by Gasteiger charge is 2.65. The fourth-order valence-electron chi connectivity index (χ4n) is 19.2. The van der Waals surface area contributed by atoms with Gasteiger partial charge in [-0.3, -0.25) is 14.1 Å². The van der Waals surface area contributed by atoms with Gasteiger partial charge in [-0.25, -0.2) is 0 Å². The summed E-state index contributed by atoms with van der Waals surface area (Å²) in [6.07, 6.45) is 18.7. The van der Waals surface area contributed by atoms with Crippen molar-refractivity contribution >= 4 is 22.0 Å². The maximum atomic E-state index is 13.7. The van der Waals surface area contributed by atoms with Crippen LogP contribution in [0.3, 0.4) is 0 Å². The number of aliphatic hydroxyl groups excluding tert-OH is 3. The highest BCUT2D eigenvalue weighted by atomic mass is 32.2. The summed E-state index contributed by atoms with van der Waals surface area (Å²) in [7, 11) is -4.12. The molecule has 8 saturated carbocycles.